The number of ether oxygens (including phenoxy) is 1. The van der Waals surface area contributed by atoms with Gasteiger partial charge in [0.1, 0.15) is 18.2 Å². The summed E-state index contributed by atoms with van der Waals surface area (Å²) in [4.78, 5) is 0. The Morgan fingerprint density at radius 3 is 2.70 bits per heavy atom. The summed E-state index contributed by atoms with van der Waals surface area (Å²) in [6.07, 6.45) is 0.0409. The van der Waals surface area contributed by atoms with Crippen LogP contribution in [0.2, 0.25) is 0 Å². The molecule has 0 fully saturated rings. The third kappa shape index (κ3) is 3.17. The van der Waals surface area contributed by atoms with Crippen LogP contribution in [0.5, 0.6) is 5.75 Å². The molecule has 1 N–H and O–H groups in total. The summed E-state index contributed by atoms with van der Waals surface area (Å²) >= 11 is 0. The van der Waals surface area contributed by atoms with E-state index in [-0.39, 0.29) is 5.56 Å². The van der Waals surface area contributed by atoms with Gasteiger partial charge in [0.25, 0.3) is 0 Å². The Morgan fingerprint density at radius 1 is 1.40 bits per heavy atom. The van der Waals surface area contributed by atoms with Crippen LogP contribution in [0.15, 0.2) is 24.3 Å². The Morgan fingerprint density at radius 2 is 2.15 bits per heavy atom. The van der Waals surface area contributed by atoms with Crippen molar-refractivity contribution in [1.82, 2.24) is 9.78 Å². The van der Waals surface area contributed by atoms with Gasteiger partial charge in [0.15, 0.2) is 0 Å². The maximum Gasteiger partial charge on any atom is 0.132 e. The van der Waals surface area contributed by atoms with E-state index >= 15 is 0 Å². The summed E-state index contributed by atoms with van der Waals surface area (Å²) in [5.74, 6) is -0.0251. The number of nitrogens with zero attached hydrogens (tertiary/aromatic N) is 2. The van der Waals surface area contributed by atoms with Crippen LogP contribution in [-0.2, 0) is 20.1 Å². The number of aromatic nitrogens is 2. The second-order valence-electron chi connectivity index (χ2n) is 4.75. The zero-order valence-corrected chi connectivity index (χ0v) is 11.9. The fourth-order valence-electron chi connectivity index (χ4n) is 1.97. The van der Waals surface area contributed by atoms with Crippen LogP contribution in [0.4, 0.5) is 4.39 Å². The van der Waals surface area contributed by atoms with Gasteiger partial charge in [-0.2, -0.15) is 5.10 Å². The summed E-state index contributed by atoms with van der Waals surface area (Å²) in [5.41, 5.74) is 2.20. The molecule has 1 aromatic carbocycles. The Labute approximate surface area is 117 Å². The van der Waals surface area contributed by atoms with Gasteiger partial charge in [-0.1, -0.05) is 6.92 Å². The second kappa shape index (κ2) is 6.05. The zero-order valence-electron chi connectivity index (χ0n) is 11.9. The smallest absolute Gasteiger partial charge is 0.132 e. The van der Waals surface area contributed by atoms with E-state index in [4.69, 9.17) is 4.74 Å². The number of benzene rings is 1. The molecule has 0 saturated heterocycles. The minimum absolute atomic E-state index is 0.270. The summed E-state index contributed by atoms with van der Waals surface area (Å²) in [6.45, 7) is 3.90. The third-order valence-electron chi connectivity index (χ3n) is 3.20. The molecule has 0 bridgehead atoms. The van der Waals surface area contributed by atoms with Gasteiger partial charge in [-0.25, -0.2) is 4.39 Å². The first-order valence-electron chi connectivity index (χ1n) is 6.63. The monoisotopic (exact) mass is 278 g/mol. The number of aliphatic hydroxyl groups is 1. The lowest BCUT2D eigenvalue weighted by molar-refractivity contribution is 0.193. The first-order chi connectivity index (χ1) is 9.51. The van der Waals surface area contributed by atoms with Crippen LogP contribution in [0.3, 0.4) is 0 Å². The lowest BCUT2D eigenvalue weighted by Gasteiger charge is -2.10. The molecule has 108 valence electrons. The van der Waals surface area contributed by atoms with Gasteiger partial charge in [-0.05, 0) is 31.5 Å². The summed E-state index contributed by atoms with van der Waals surface area (Å²) in [5, 5.41) is 13.7. The number of hydrogen-bond donors (Lipinski definition) is 1. The normalized spacial score (nSPS) is 12.4. The number of aliphatic hydroxyl groups excluding tert-OH is 1. The molecular weight excluding hydrogens is 259 g/mol. The van der Waals surface area contributed by atoms with E-state index in [1.54, 1.807) is 10.7 Å². The minimum Gasteiger partial charge on any atom is -0.487 e. The van der Waals surface area contributed by atoms with E-state index in [9.17, 15) is 9.50 Å². The van der Waals surface area contributed by atoms with Crippen molar-refractivity contribution in [1.29, 1.82) is 0 Å². The Balaban J connectivity index is 2.07. The predicted octanol–water partition coefficient (Wildman–Crippen LogP) is 2.75. The van der Waals surface area contributed by atoms with Crippen molar-refractivity contribution in [3.8, 4) is 5.75 Å². The summed E-state index contributed by atoms with van der Waals surface area (Å²) < 4.78 is 21.0. The lowest BCUT2D eigenvalue weighted by Crippen LogP contribution is -2.04. The highest BCUT2D eigenvalue weighted by Crippen LogP contribution is 2.22. The fourth-order valence-corrected chi connectivity index (χ4v) is 1.97. The highest BCUT2D eigenvalue weighted by Gasteiger charge is 2.10. The van der Waals surface area contributed by atoms with Crippen LogP contribution >= 0.6 is 0 Å². The van der Waals surface area contributed by atoms with E-state index < -0.39 is 11.9 Å². The maximum atomic E-state index is 13.7. The predicted molar refractivity (Wildman–Crippen MR) is 74.0 cm³/mol. The topological polar surface area (TPSA) is 47.3 Å². The van der Waals surface area contributed by atoms with E-state index in [1.807, 2.05) is 20.0 Å². The van der Waals surface area contributed by atoms with Crippen molar-refractivity contribution in [3.63, 3.8) is 0 Å². The number of hydrogen-bond acceptors (Lipinski definition) is 3. The van der Waals surface area contributed by atoms with E-state index in [0.717, 1.165) is 17.8 Å². The molecule has 5 heteroatoms. The van der Waals surface area contributed by atoms with E-state index in [0.29, 0.717) is 12.4 Å². The van der Waals surface area contributed by atoms with Crippen LogP contribution in [0.1, 0.15) is 36.9 Å². The largest absolute Gasteiger partial charge is 0.487 e. The zero-order chi connectivity index (χ0) is 14.7. The van der Waals surface area contributed by atoms with E-state index in [2.05, 4.69) is 5.10 Å². The van der Waals surface area contributed by atoms with Gasteiger partial charge < -0.3 is 9.84 Å². The molecule has 0 unspecified atom stereocenters. The fraction of sp³-hybridized carbons (Fsp3) is 0.400. The molecule has 2 aromatic rings. The summed E-state index contributed by atoms with van der Waals surface area (Å²) in [7, 11) is 1.86. The first-order valence-corrected chi connectivity index (χ1v) is 6.63. The third-order valence-corrected chi connectivity index (χ3v) is 3.20. The van der Waals surface area contributed by atoms with Crippen molar-refractivity contribution in [2.45, 2.75) is 33.0 Å². The molecule has 0 radical (unpaired) electrons. The molecule has 20 heavy (non-hydrogen) atoms. The molecule has 0 amide bonds. The molecule has 0 spiro atoms. The molecule has 0 aliphatic rings. The van der Waals surface area contributed by atoms with Crippen molar-refractivity contribution in [3.05, 3.63) is 47.0 Å². The van der Waals surface area contributed by atoms with Crippen LogP contribution < -0.4 is 4.74 Å². The lowest BCUT2D eigenvalue weighted by atomic mass is 10.1. The van der Waals surface area contributed by atoms with Gasteiger partial charge in [0.05, 0.1) is 17.5 Å². The van der Waals surface area contributed by atoms with E-state index in [1.165, 1.54) is 19.1 Å². The molecule has 1 heterocycles. The number of rotatable bonds is 5. The Hall–Kier alpha value is -1.88. The van der Waals surface area contributed by atoms with Crippen molar-refractivity contribution < 1.29 is 14.2 Å². The van der Waals surface area contributed by atoms with Crippen molar-refractivity contribution >= 4 is 0 Å². The minimum atomic E-state index is -0.826. The highest BCUT2D eigenvalue weighted by atomic mass is 19.1. The van der Waals surface area contributed by atoms with Crippen LogP contribution in [0.25, 0.3) is 0 Å². The molecule has 0 saturated carbocycles. The second-order valence-corrected chi connectivity index (χ2v) is 4.75. The SMILES string of the molecule is CCc1cc(COc2ccc([C@H](C)O)c(F)c2)n(C)n1. The highest BCUT2D eigenvalue weighted by molar-refractivity contribution is 5.30. The summed E-state index contributed by atoms with van der Waals surface area (Å²) in [6, 6.07) is 6.46. The van der Waals surface area contributed by atoms with Crippen molar-refractivity contribution in [2.24, 2.45) is 7.05 Å². The first kappa shape index (κ1) is 14.5. The number of aryl methyl sites for hydroxylation is 2. The molecule has 4 nitrogen and oxygen atoms in total. The Bertz CT molecular complexity index is 594. The average molecular weight is 278 g/mol. The molecule has 1 aromatic heterocycles. The Kier molecular flexibility index (Phi) is 4.39. The van der Waals surface area contributed by atoms with Gasteiger partial charge in [0.2, 0.25) is 0 Å². The molecule has 1 atom stereocenters. The van der Waals surface area contributed by atoms with Gasteiger partial charge in [-0.15, -0.1) is 0 Å². The van der Waals surface area contributed by atoms with Gasteiger partial charge in [-0.3, -0.25) is 4.68 Å². The van der Waals surface area contributed by atoms with Gasteiger partial charge >= 0.3 is 0 Å². The van der Waals surface area contributed by atoms with Crippen LogP contribution in [0, 0.1) is 5.82 Å². The number of halogens is 1. The molecule has 0 aliphatic heterocycles. The molecule has 0 aliphatic carbocycles. The van der Waals surface area contributed by atoms with Gasteiger partial charge in [0, 0.05) is 18.7 Å². The molecular formula is C15H19FN2O2. The average Bonchev–Trinajstić information content (AvgIpc) is 2.76. The van der Waals surface area contributed by atoms with Crippen molar-refractivity contribution in [2.75, 3.05) is 0 Å². The van der Waals surface area contributed by atoms with Crippen LogP contribution in [-0.4, -0.2) is 14.9 Å². The quantitative estimate of drug-likeness (QED) is 0.914. The maximum absolute atomic E-state index is 13.7. The standard InChI is InChI=1S/C15H19FN2O2/c1-4-11-7-12(18(3)17-11)9-20-13-5-6-14(10(2)19)15(16)8-13/h5-8,10,19H,4,9H2,1-3H3/t10-/m0/s1. The molecule has 2 rings (SSSR count).